The molecule has 0 bridgehead atoms. The monoisotopic (exact) mass is 315 g/mol. The highest BCUT2D eigenvalue weighted by Crippen LogP contribution is 2.46. The van der Waals surface area contributed by atoms with Gasteiger partial charge >= 0.3 is 5.97 Å². The maximum absolute atomic E-state index is 12.2. The van der Waals surface area contributed by atoms with E-state index < -0.39 is 17.3 Å². The fraction of sp³-hybridized carbons (Fsp3) is 0.312. The van der Waals surface area contributed by atoms with Crippen LogP contribution in [0.5, 0.6) is 0 Å². The first-order chi connectivity index (χ1) is 11.0. The maximum atomic E-state index is 12.2. The number of carboxylic acid groups (broad SMARTS) is 1. The van der Waals surface area contributed by atoms with Crippen molar-refractivity contribution in [3.05, 3.63) is 30.5 Å². The van der Waals surface area contributed by atoms with Gasteiger partial charge in [0, 0.05) is 18.9 Å². The number of benzene rings is 1. The van der Waals surface area contributed by atoms with E-state index in [1.807, 2.05) is 12.1 Å². The molecule has 3 rings (SSSR count). The highest BCUT2D eigenvalue weighted by Gasteiger charge is 2.57. The van der Waals surface area contributed by atoms with Crippen LogP contribution in [0.15, 0.2) is 30.5 Å². The number of fused-ring (bicyclic) bond motifs is 1. The smallest absolute Gasteiger partial charge is 0.319 e. The van der Waals surface area contributed by atoms with Gasteiger partial charge < -0.3 is 20.3 Å². The standard InChI is InChI=1S/C16H17N3O4/c1-17-13(20)9-19-7-4-10-2-3-11(8-12(10)19)18-14(21)16(5-6-16)15(22)23/h2-4,7-8H,5-6,9H2,1H3,(H,17,20)(H,18,21)(H,22,23). The average Bonchev–Trinajstić information content (AvgIpc) is 3.26. The van der Waals surface area contributed by atoms with E-state index in [0.29, 0.717) is 18.5 Å². The van der Waals surface area contributed by atoms with Crippen LogP contribution in [-0.2, 0) is 20.9 Å². The number of rotatable bonds is 5. The number of amides is 2. The van der Waals surface area contributed by atoms with Crippen molar-refractivity contribution in [1.29, 1.82) is 0 Å². The molecule has 1 heterocycles. The van der Waals surface area contributed by atoms with Gasteiger partial charge in [-0.1, -0.05) is 6.07 Å². The van der Waals surface area contributed by atoms with Gasteiger partial charge in [0.05, 0.1) is 5.52 Å². The maximum Gasteiger partial charge on any atom is 0.319 e. The van der Waals surface area contributed by atoms with Crippen LogP contribution in [0.25, 0.3) is 10.9 Å². The van der Waals surface area contributed by atoms with Gasteiger partial charge in [0.1, 0.15) is 12.0 Å². The molecule has 7 heteroatoms. The van der Waals surface area contributed by atoms with E-state index in [2.05, 4.69) is 10.6 Å². The van der Waals surface area contributed by atoms with Gasteiger partial charge in [-0.3, -0.25) is 14.4 Å². The van der Waals surface area contributed by atoms with Gasteiger partial charge in [-0.2, -0.15) is 0 Å². The molecule has 2 amide bonds. The van der Waals surface area contributed by atoms with Crippen LogP contribution in [0.3, 0.4) is 0 Å². The van der Waals surface area contributed by atoms with Gasteiger partial charge in [-0.05, 0) is 36.4 Å². The highest BCUT2D eigenvalue weighted by molar-refractivity contribution is 6.11. The summed E-state index contributed by atoms with van der Waals surface area (Å²) in [4.78, 5) is 34.9. The lowest BCUT2D eigenvalue weighted by atomic mass is 10.1. The second-order valence-corrected chi connectivity index (χ2v) is 5.73. The zero-order chi connectivity index (χ0) is 16.6. The van der Waals surface area contributed by atoms with Crippen LogP contribution in [0, 0.1) is 5.41 Å². The van der Waals surface area contributed by atoms with Crippen molar-refractivity contribution in [2.24, 2.45) is 5.41 Å². The lowest BCUT2D eigenvalue weighted by molar-refractivity contribution is -0.147. The molecule has 1 aliphatic carbocycles. The number of aliphatic carboxylic acids is 1. The summed E-state index contributed by atoms with van der Waals surface area (Å²) < 4.78 is 1.77. The Kier molecular flexibility index (Phi) is 3.55. The van der Waals surface area contributed by atoms with Crippen molar-refractivity contribution in [2.75, 3.05) is 12.4 Å². The van der Waals surface area contributed by atoms with Crippen LogP contribution in [0.1, 0.15) is 12.8 Å². The number of nitrogens with zero attached hydrogens (tertiary/aromatic N) is 1. The Labute approximate surface area is 132 Å². The zero-order valence-corrected chi connectivity index (χ0v) is 12.6. The summed E-state index contributed by atoms with van der Waals surface area (Å²) in [6, 6.07) is 7.17. The van der Waals surface area contributed by atoms with Gasteiger partial charge in [0.15, 0.2) is 0 Å². The third-order valence-corrected chi connectivity index (χ3v) is 4.22. The van der Waals surface area contributed by atoms with E-state index in [4.69, 9.17) is 5.11 Å². The predicted octanol–water partition coefficient (Wildman–Crippen LogP) is 1.19. The van der Waals surface area contributed by atoms with E-state index in [1.165, 1.54) is 0 Å². The largest absolute Gasteiger partial charge is 0.480 e. The summed E-state index contributed by atoms with van der Waals surface area (Å²) in [5.74, 6) is -1.70. The molecule has 1 aromatic carbocycles. The van der Waals surface area contributed by atoms with Crippen molar-refractivity contribution in [2.45, 2.75) is 19.4 Å². The van der Waals surface area contributed by atoms with Gasteiger partial charge in [-0.25, -0.2) is 0 Å². The normalized spacial score (nSPS) is 15.2. The van der Waals surface area contributed by atoms with Crippen LogP contribution in [0.4, 0.5) is 5.69 Å². The summed E-state index contributed by atoms with van der Waals surface area (Å²) >= 11 is 0. The number of nitrogens with one attached hydrogen (secondary N) is 2. The average molecular weight is 315 g/mol. The molecule has 23 heavy (non-hydrogen) atoms. The van der Waals surface area contributed by atoms with E-state index in [9.17, 15) is 14.4 Å². The van der Waals surface area contributed by atoms with Crippen LogP contribution >= 0.6 is 0 Å². The number of anilines is 1. The number of hydrogen-bond acceptors (Lipinski definition) is 3. The van der Waals surface area contributed by atoms with Crippen LogP contribution in [0.2, 0.25) is 0 Å². The van der Waals surface area contributed by atoms with Crippen LogP contribution < -0.4 is 10.6 Å². The molecule has 2 aromatic rings. The minimum Gasteiger partial charge on any atom is -0.480 e. The zero-order valence-electron chi connectivity index (χ0n) is 12.6. The second-order valence-electron chi connectivity index (χ2n) is 5.73. The summed E-state index contributed by atoms with van der Waals surface area (Å²) in [5, 5.41) is 15.3. The Morgan fingerprint density at radius 1 is 1.26 bits per heavy atom. The summed E-state index contributed by atoms with van der Waals surface area (Å²) in [6.07, 6.45) is 2.53. The molecule has 3 N–H and O–H groups in total. The molecule has 120 valence electrons. The number of carboxylic acids is 1. The fourth-order valence-corrected chi connectivity index (χ4v) is 2.55. The van der Waals surface area contributed by atoms with Gasteiger partial charge in [-0.15, -0.1) is 0 Å². The third-order valence-electron chi connectivity index (χ3n) is 4.22. The minimum atomic E-state index is -1.28. The van der Waals surface area contributed by atoms with Crippen molar-refractivity contribution in [3.63, 3.8) is 0 Å². The molecular formula is C16H17N3O4. The van der Waals surface area contributed by atoms with Gasteiger partial charge in [0.25, 0.3) is 0 Å². The third kappa shape index (κ3) is 2.65. The Morgan fingerprint density at radius 3 is 2.61 bits per heavy atom. The van der Waals surface area contributed by atoms with E-state index in [0.717, 1.165) is 10.9 Å². The number of carbonyl (C=O) groups is 3. The minimum absolute atomic E-state index is 0.125. The molecule has 0 saturated heterocycles. The molecule has 0 atom stereocenters. The van der Waals surface area contributed by atoms with Crippen LogP contribution in [-0.4, -0.2) is 34.5 Å². The van der Waals surface area contributed by atoms with Crippen molar-refractivity contribution < 1.29 is 19.5 Å². The predicted molar refractivity (Wildman–Crippen MR) is 83.9 cm³/mol. The molecule has 0 aliphatic heterocycles. The summed E-state index contributed by atoms with van der Waals surface area (Å²) in [6.45, 7) is 0.177. The van der Waals surface area contributed by atoms with E-state index in [1.54, 1.807) is 29.9 Å². The summed E-state index contributed by atoms with van der Waals surface area (Å²) in [7, 11) is 1.57. The number of likely N-dealkylation sites (N-methyl/N-ethyl adjacent to an activating group) is 1. The lowest BCUT2D eigenvalue weighted by Gasteiger charge is -2.11. The molecule has 1 saturated carbocycles. The first kappa shape index (κ1) is 15.1. The van der Waals surface area contributed by atoms with Crippen molar-refractivity contribution in [3.8, 4) is 0 Å². The molecule has 1 aromatic heterocycles. The van der Waals surface area contributed by atoms with Crippen molar-refractivity contribution >= 4 is 34.4 Å². The second kappa shape index (κ2) is 5.42. The number of aromatic nitrogens is 1. The van der Waals surface area contributed by atoms with E-state index >= 15 is 0 Å². The topological polar surface area (TPSA) is 100 Å². The number of carbonyl (C=O) groups excluding carboxylic acids is 2. The summed E-state index contributed by atoms with van der Waals surface area (Å²) in [5.41, 5.74) is 0.0393. The SMILES string of the molecule is CNC(=O)Cn1ccc2ccc(NC(=O)C3(C(=O)O)CC3)cc21. The molecule has 1 aliphatic rings. The first-order valence-corrected chi connectivity index (χ1v) is 7.30. The molecule has 0 spiro atoms. The highest BCUT2D eigenvalue weighted by atomic mass is 16.4. The molecule has 1 fully saturated rings. The first-order valence-electron chi connectivity index (χ1n) is 7.30. The quantitative estimate of drug-likeness (QED) is 0.722. The molecule has 0 unspecified atom stereocenters. The van der Waals surface area contributed by atoms with Crippen molar-refractivity contribution in [1.82, 2.24) is 9.88 Å². The number of hydrogen-bond donors (Lipinski definition) is 3. The molecular weight excluding hydrogens is 298 g/mol. The Hall–Kier alpha value is -2.83. The molecule has 0 radical (unpaired) electrons. The molecule has 7 nitrogen and oxygen atoms in total. The fourth-order valence-electron chi connectivity index (χ4n) is 2.55. The van der Waals surface area contributed by atoms with E-state index in [-0.39, 0.29) is 12.5 Å². The Bertz CT molecular complexity index is 805. The Balaban J connectivity index is 1.85. The Morgan fingerprint density at radius 2 is 2.00 bits per heavy atom. The van der Waals surface area contributed by atoms with Gasteiger partial charge in [0.2, 0.25) is 11.8 Å². The lowest BCUT2D eigenvalue weighted by Crippen LogP contribution is -2.31.